The Balaban J connectivity index is 1.92. The van der Waals surface area contributed by atoms with Crippen LogP contribution in [0.2, 0.25) is 0 Å². The summed E-state index contributed by atoms with van der Waals surface area (Å²) in [5, 5.41) is 0. The van der Waals surface area contributed by atoms with Crippen molar-refractivity contribution in [3.63, 3.8) is 0 Å². The summed E-state index contributed by atoms with van der Waals surface area (Å²) >= 11 is 0. The van der Waals surface area contributed by atoms with Gasteiger partial charge in [-0.05, 0) is 54.1 Å². The molecule has 24 heavy (non-hydrogen) atoms. The van der Waals surface area contributed by atoms with Crippen LogP contribution < -0.4 is 9.47 Å². The maximum Gasteiger partial charge on any atom is 0.343 e. The molecule has 0 bridgehead atoms. The first kappa shape index (κ1) is 15.8. The van der Waals surface area contributed by atoms with Gasteiger partial charge in [-0.1, -0.05) is 6.07 Å². The van der Waals surface area contributed by atoms with Crippen LogP contribution in [-0.2, 0) is 9.53 Å². The Bertz CT molecular complexity index is 835. The number of rotatable bonds is 4. The summed E-state index contributed by atoms with van der Waals surface area (Å²) < 4.78 is 28.7. The zero-order valence-corrected chi connectivity index (χ0v) is 13.2. The molecule has 0 amide bonds. The number of carbonyl (C=O) groups excluding carboxylic acids is 1. The Morgan fingerprint density at radius 3 is 2.38 bits per heavy atom. The predicted molar refractivity (Wildman–Crippen MR) is 88.0 cm³/mol. The zero-order chi connectivity index (χ0) is 17.1. The first-order valence-corrected chi connectivity index (χ1v) is 7.24. The summed E-state index contributed by atoms with van der Waals surface area (Å²) in [6.45, 7) is 0. The number of hydrogen-bond donors (Lipinski definition) is 0. The number of hydrogen-bond acceptors (Lipinski definition) is 4. The molecule has 0 unspecified atom stereocenters. The van der Waals surface area contributed by atoms with Crippen LogP contribution in [0.4, 0.5) is 4.39 Å². The summed E-state index contributed by atoms with van der Waals surface area (Å²) in [5.74, 6) is 0.776. The van der Waals surface area contributed by atoms with Crippen LogP contribution in [0.25, 0.3) is 11.8 Å². The van der Waals surface area contributed by atoms with E-state index in [2.05, 4.69) is 0 Å². The first-order chi connectivity index (χ1) is 11.6. The lowest BCUT2D eigenvalue weighted by atomic mass is 10.1. The normalized spacial score (nSPS) is 15.2. The predicted octanol–water partition coefficient (Wildman–Crippen LogP) is 3.82. The van der Waals surface area contributed by atoms with E-state index in [1.54, 1.807) is 50.6 Å². The highest BCUT2D eigenvalue weighted by molar-refractivity contribution is 6.05. The van der Waals surface area contributed by atoms with Crippen molar-refractivity contribution in [3.05, 3.63) is 71.1 Å². The number of carbonyl (C=O) groups is 1. The van der Waals surface area contributed by atoms with Gasteiger partial charge in [-0.15, -0.1) is 0 Å². The van der Waals surface area contributed by atoms with Crippen molar-refractivity contribution in [2.24, 2.45) is 0 Å². The molecule has 4 nitrogen and oxygen atoms in total. The Hall–Kier alpha value is -3.08. The molecule has 1 aliphatic heterocycles. The standard InChI is InChI=1S/C19H15FO4/c1-22-16-8-3-12(10-18(16)23-2)9-14-11-17(24-19(14)21)13-4-6-15(20)7-5-13/h3-11H,1-2H3. The van der Waals surface area contributed by atoms with E-state index in [1.165, 1.54) is 12.1 Å². The van der Waals surface area contributed by atoms with Gasteiger partial charge < -0.3 is 14.2 Å². The number of cyclic esters (lactones) is 1. The van der Waals surface area contributed by atoms with Crippen molar-refractivity contribution in [2.45, 2.75) is 0 Å². The molecule has 0 saturated heterocycles. The smallest absolute Gasteiger partial charge is 0.343 e. The summed E-state index contributed by atoms with van der Waals surface area (Å²) in [4.78, 5) is 12.0. The van der Waals surface area contributed by atoms with Crippen molar-refractivity contribution in [1.82, 2.24) is 0 Å². The minimum Gasteiger partial charge on any atom is -0.493 e. The van der Waals surface area contributed by atoms with Crippen LogP contribution in [-0.4, -0.2) is 20.2 Å². The molecule has 1 aliphatic rings. The zero-order valence-electron chi connectivity index (χ0n) is 13.2. The Labute approximate surface area is 138 Å². The van der Waals surface area contributed by atoms with Gasteiger partial charge in [0.1, 0.15) is 11.6 Å². The van der Waals surface area contributed by atoms with E-state index in [-0.39, 0.29) is 5.82 Å². The van der Waals surface area contributed by atoms with Crippen molar-refractivity contribution in [2.75, 3.05) is 14.2 Å². The number of methoxy groups -OCH3 is 2. The van der Waals surface area contributed by atoms with Crippen molar-refractivity contribution < 1.29 is 23.4 Å². The minimum atomic E-state index is -0.455. The van der Waals surface area contributed by atoms with E-state index in [1.807, 2.05) is 6.07 Å². The molecular weight excluding hydrogens is 311 g/mol. The van der Waals surface area contributed by atoms with Gasteiger partial charge in [-0.3, -0.25) is 0 Å². The second-order valence-corrected chi connectivity index (χ2v) is 5.12. The van der Waals surface area contributed by atoms with Crippen molar-refractivity contribution in [3.8, 4) is 11.5 Å². The fraction of sp³-hybridized carbons (Fsp3) is 0.105. The third kappa shape index (κ3) is 3.15. The average Bonchev–Trinajstić information content (AvgIpc) is 2.96. The van der Waals surface area contributed by atoms with E-state index in [9.17, 15) is 9.18 Å². The maximum atomic E-state index is 13.0. The number of esters is 1. The van der Waals surface area contributed by atoms with Gasteiger partial charge in [-0.25, -0.2) is 9.18 Å². The third-order valence-corrected chi connectivity index (χ3v) is 3.58. The number of benzene rings is 2. The quantitative estimate of drug-likeness (QED) is 0.633. The average molecular weight is 326 g/mol. The number of halogens is 1. The lowest BCUT2D eigenvalue weighted by Crippen LogP contribution is -1.97. The molecular formula is C19H15FO4. The fourth-order valence-electron chi connectivity index (χ4n) is 2.37. The van der Waals surface area contributed by atoms with Gasteiger partial charge in [0, 0.05) is 5.56 Å². The maximum absolute atomic E-state index is 13.0. The van der Waals surface area contributed by atoms with Gasteiger partial charge in [0.15, 0.2) is 11.5 Å². The van der Waals surface area contributed by atoms with Crippen LogP contribution >= 0.6 is 0 Å². The van der Waals surface area contributed by atoms with Crippen LogP contribution in [0, 0.1) is 5.82 Å². The number of ether oxygens (including phenoxy) is 3. The molecule has 0 saturated carbocycles. The monoisotopic (exact) mass is 326 g/mol. The SMILES string of the molecule is COc1ccc(C=C2C=C(c3ccc(F)cc3)OC2=O)cc1OC. The summed E-state index contributed by atoms with van der Waals surface area (Å²) in [5.41, 5.74) is 1.82. The summed E-state index contributed by atoms with van der Waals surface area (Å²) in [6, 6.07) is 11.1. The largest absolute Gasteiger partial charge is 0.493 e. The second-order valence-electron chi connectivity index (χ2n) is 5.12. The third-order valence-electron chi connectivity index (χ3n) is 3.58. The molecule has 0 spiro atoms. The van der Waals surface area contributed by atoms with Gasteiger partial charge in [-0.2, -0.15) is 0 Å². The molecule has 0 aliphatic carbocycles. The van der Waals surface area contributed by atoms with E-state index in [0.717, 1.165) is 5.56 Å². The lowest BCUT2D eigenvalue weighted by molar-refractivity contribution is -0.130. The van der Waals surface area contributed by atoms with Gasteiger partial charge in [0.25, 0.3) is 0 Å². The molecule has 5 heteroatoms. The molecule has 2 aromatic rings. The molecule has 122 valence electrons. The molecule has 0 N–H and O–H groups in total. The highest BCUT2D eigenvalue weighted by Gasteiger charge is 2.22. The molecule has 0 atom stereocenters. The second kappa shape index (κ2) is 6.58. The van der Waals surface area contributed by atoms with E-state index >= 15 is 0 Å². The minimum absolute atomic E-state index is 0.343. The van der Waals surface area contributed by atoms with E-state index < -0.39 is 5.97 Å². The molecule has 0 aromatic heterocycles. The highest BCUT2D eigenvalue weighted by atomic mass is 19.1. The van der Waals surface area contributed by atoms with Gasteiger partial charge >= 0.3 is 5.97 Å². The molecule has 0 fully saturated rings. The molecule has 1 heterocycles. The fourth-order valence-corrected chi connectivity index (χ4v) is 2.37. The highest BCUT2D eigenvalue weighted by Crippen LogP contribution is 2.31. The van der Waals surface area contributed by atoms with Crippen molar-refractivity contribution in [1.29, 1.82) is 0 Å². The van der Waals surface area contributed by atoms with Crippen LogP contribution in [0.3, 0.4) is 0 Å². The van der Waals surface area contributed by atoms with Gasteiger partial charge in [0.05, 0.1) is 19.8 Å². The van der Waals surface area contributed by atoms with Crippen molar-refractivity contribution >= 4 is 17.8 Å². The Morgan fingerprint density at radius 1 is 1.00 bits per heavy atom. The van der Waals surface area contributed by atoms with Gasteiger partial charge in [0.2, 0.25) is 0 Å². The Morgan fingerprint density at radius 2 is 1.71 bits per heavy atom. The van der Waals surface area contributed by atoms with Crippen LogP contribution in [0.15, 0.2) is 54.1 Å². The molecule has 0 radical (unpaired) electrons. The molecule has 3 rings (SSSR count). The molecule has 2 aromatic carbocycles. The van der Waals surface area contributed by atoms with Crippen LogP contribution in [0.1, 0.15) is 11.1 Å². The Kier molecular flexibility index (Phi) is 4.33. The van der Waals surface area contributed by atoms with E-state index in [4.69, 9.17) is 14.2 Å². The summed E-state index contributed by atoms with van der Waals surface area (Å²) in [6.07, 6.45) is 3.33. The van der Waals surface area contributed by atoms with E-state index in [0.29, 0.717) is 28.4 Å². The lowest BCUT2D eigenvalue weighted by Gasteiger charge is -2.07. The topological polar surface area (TPSA) is 44.8 Å². The van der Waals surface area contributed by atoms with Crippen LogP contribution in [0.5, 0.6) is 11.5 Å². The first-order valence-electron chi connectivity index (χ1n) is 7.24. The summed E-state index contributed by atoms with van der Waals surface area (Å²) in [7, 11) is 3.10.